The summed E-state index contributed by atoms with van der Waals surface area (Å²) in [6.45, 7) is 9.56. The Balaban J connectivity index is 2.68. The summed E-state index contributed by atoms with van der Waals surface area (Å²) in [6, 6.07) is 0.358. The smallest absolute Gasteiger partial charge is 0.223 e. The molecule has 2 heteroatoms. The molecule has 1 rings (SSSR count). The molecule has 0 saturated carbocycles. The van der Waals surface area contributed by atoms with Crippen LogP contribution in [0, 0.1) is 5.41 Å². The van der Waals surface area contributed by atoms with Crippen molar-refractivity contribution in [2.75, 3.05) is 6.54 Å². The van der Waals surface area contributed by atoms with Crippen molar-refractivity contribution in [1.29, 1.82) is 0 Å². The second-order valence-electron chi connectivity index (χ2n) is 5.48. The fourth-order valence-electron chi connectivity index (χ4n) is 2.16. The van der Waals surface area contributed by atoms with Crippen LogP contribution in [-0.2, 0) is 4.79 Å². The molecule has 1 aliphatic rings. The van der Waals surface area contributed by atoms with Gasteiger partial charge in [0.05, 0.1) is 0 Å². The topological polar surface area (TPSA) is 20.3 Å². The summed E-state index contributed by atoms with van der Waals surface area (Å²) in [6.07, 6.45) is 4.31. The number of hydrogen-bond donors (Lipinski definition) is 0. The lowest BCUT2D eigenvalue weighted by Crippen LogP contribution is -2.41. The van der Waals surface area contributed by atoms with Gasteiger partial charge in [-0.15, -0.1) is 0 Å². The molecule has 0 aliphatic carbocycles. The Hall–Kier alpha value is -0.530. The molecule has 2 nitrogen and oxygen atoms in total. The van der Waals surface area contributed by atoms with Gasteiger partial charge in [-0.2, -0.15) is 0 Å². The van der Waals surface area contributed by atoms with Crippen molar-refractivity contribution < 1.29 is 4.79 Å². The Morgan fingerprint density at radius 3 is 2.50 bits per heavy atom. The number of likely N-dealkylation sites (tertiary alicyclic amines) is 1. The highest BCUT2D eigenvalue weighted by Crippen LogP contribution is 2.30. The maximum atomic E-state index is 12.0. The van der Waals surface area contributed by atoms with Gasteiger partial charge in [0.25, 0.3) is 0 Å². The third-order valence-electron chi connectivity index (χ3n) is 3.08. The zero-order chi connectivity index (χ0) is 10.8. The van der Waals surface area contributed by atoms with Gasteiger partial charge in [-0.05, 0) is 32.1 Å². The molecule has 14 heavy (non-hydrogen) atoms. The van der Waals surface area contributed by atoms with E-state index in [0.29, 0.717) is 18.4 Å². The van der Waals surface area contributed by atoms with E-state index in [4.69, 9.17) is 0 Å². The summed E-state index contributed by atoms with van der Waals surface area (Å²) in [5, 5.41) is 0. The molecule has 0 unspecified atom stereocenters. The predicted octanol–water partition coefficient (Wildman–Crippen LogP) is 2.82. The van der Waals surface area contributed by atoms with Crippen LogP contribution in [0.4, 0.5) is 0 Å². The first kappa shape index (κ1) is 11.5. The van der Waals surface area contributed by atoms with E-state index in [-0.39, 0.29) is 5.41 Å². The SMILES string of the molecule is CC(C)N1CCCCC(C)(C)CC1=O. The third-order valence-corrected chi connectivity index (χ3v) is 3.08. The number of hydrogen-bond acceptors (Lipinski definition) is 1. The van der Waals surface area contributed by atoms with E-state index < -0.39 is 0 Å². The summed E-state index contributed by atoms with van der Waals surface area (Å²) >= 11 is 0. The number of nitrogens with zero attached hydrogens (tertiary/aromatic N) is 1. The lowest BCUT2D eigenvalue weighted by Gasteiger charge is -2.34. The zero-order valence-corrected chi connectivity index (χ0v) is 9.97. The Bertz CT molecular complexity index is 208. The first-order chi connectivity index (χ1) is 6.42. The second-order valence-corrected chi connectivity index (χ2v) is 5.48. The molecule has 0 spiro atoms. The van der Waals surface area contributed by atoms with Crippen LogP contribution in [0.1, 0.15) is 53.4 Å². The minimum atomic E-state index is 0.199. The third kappa shape index (κ3) is 3.00. The fraction of sp³-hybridized carbons (Fsp3) is 0.917. The van der Waals surface area contributed by atoms with Gasteiger partial charge in [0.2, 0.25) is 5.91 Å². The highest BCUT2D eigenvalue weighted by atomic mass is 16.2. The van der Waals surface area contributed by atoms with Gasteiger partial charge in [-0.25, -0.2) is 0 Å². The second kappa shape index (κ2) is 4.33. The maximum absolute atomic E-state index is 12.0. The molecule has 0 radical (unpaired) electrons. The van der Waals surface area contributed by atoms with Crippen molar-refractivity contribution in [3.63, 3.8) is 0 Å². The largest absolute Gasteiger partial charge is 0.340 e. The van der Waals surface area contributed by atoms with Gasteiger partial charge in [0.15, 0.2) is 0 Å². The average molecular weight is 197 g/mol. The van der Waals surface area contributed by atoms with Crippen molar-refractivity contribution >= 4 is 5.91 Å². The quantitative estimate of drug-likeness (QED) is 0.633. The standard InChI is InChI=1S/C12H23NO/c1-10(2)13-8-6-5-7-12(3,4)9-11(13)14/h10H,5-9H2,1-4H3. The molecule has 0 aromatic heterocycles. The van der Waals surface area contributed by atoms with E-state index in [1.807, 2.05) is 4.90 Å². The summed E-state index contributed by atoms with van der Waals surface area (Å²) in [5.74, 6) is 0.338. The number of amides is 1. The number of carbonyl (C=O) groups excluding carboxylic acids is 1. The van der Waals surface area contributed by atoms with Crippen LogP contribution in [0.25, 0.3) is 0 Å². The van der Waals surface area contributed by atoms with Crippen LogP contribution < -0.4 is 0 Å². The molecule has 1 heterocycles. The van der Waals surface area contributed by atoms with E-state index >= 15 is 0 Å². The molecule has 1 fully saturated rings. The van der Waals surface area contributed by atoms with Crippen molar-refractivity contribution in [2.45, 2.75) is 59.4 Å². The van der Waals surface area contributed by atoms with Gasteiger partial charge in [-0.3, -0.25) is 4.79 Å². The Morgan fingerprint density at radius 1 is 1.29 bits per heavy atom. The van der Waals surface area contributed by atoms with Gasteiger partial charge in [-0.1, -0.05) is 20.3 Å². The van der Waals surface area contributed by atoms with E-state index in [9.17, 15) is 4.79 Å². The van der Waals surface area contributed by atoms with Crippen molar-refractivity contribution in [3.8, 4) is 0 Å². The molecule has 82 valence electrons. The molecule has 1 saturated heterocycles. The molecule has 0 N–H and O–H groups in total. The monoisotopic (exact) mass is 197 g/mol. The molecular weight excluding hydrogens is 174 g/mol. The van der Waals surface area contributed by atoms with Crippen LogP contribution >= 0.6 is 0 Å². The van der Waals surface area contributed by atoms with Crippen LogP contribution in [0.5, 0.6) is 0 Å². The van der Waals surface area contributed by atoms with Crippen molar-refractivity contribution in [1.82, 2.24) is 4.90 Å². The van der Waals surface area contributed by atoms with Crippen molar-refractivity contribution in [2.24, 2.45) is 5.41 Å². The Labute approximate surface area is 87.7 Å². The molecule has 0 aromatic rings. The molecule has 0 atom stereocenters. The average Bonchev–Trinajstić information content (AvgIpc) is 1.99. The summed E-state index contributed by atoms with van der Waals surface area (Å²) in [7, 11) is 0. The van der Waals surface area contributed by atoms with Crippen molar-refractivity contribution in [3.05, 3.63) is 0 Å². The molecule has 0 aromatic carbocycles. The van der Waals surface area contributed by atoms with Crippen LogP contribution in [-0.4, -0.2) is 23.4 Å². The summed E-state index contributed by atoms with van der Waals surface area (Å²) < 4.78 is 0. The highest BCUT2D eigenvalue weighted by Gasteiger charge is 2.28. The first-order valence-electron chi connectivity index (χ1n) is 5.72. The van der Waals surface area contributed by atoms with Gasteiger partial charge in [0.1, 0.15) is 0 Å². The minimum Gasteiger partial charge on any atom is -0.340 e. The number of rotatable bonds is 1. The molecular formula is C12H23NO. The van der Waals surface area contributed by atoms with E-state index in [0.717, 1.165) is 13.0 Å². The predicted molar refractivity (Wildman–Crippen MR) is 59.1 cm³/mol. The summed E-state index contributed by atoms with van der Waals surface area (Å²) in [4.78, 5) is 14.0. The van der Waals surface area contributed by atoms with Crippen LogP contribution in [0.3, 0.4) is 0 Å². The van der Waals surface area contributed by atoms with Gasteiger partial charge >= 0.3 is 0 Å². The maximum Gasteiger partial charge on any atom is 0.223 e. The Kier molecular flexibility index (Phi) is 3.57. The first-order valence-corrected chi connectivity index (χ1v) is 5.72. The minimum absolute atomic E-state index is 0.199. The summed E-state index contributed by atoms with van der Waals surface area (Å²) in [5.41, 5.74) is 0.199. The highest BCUT2D eigenvalue weighted by molar-refractivity contribution is 5.77. The molecule has 1 aliphatic heterocycles. The molecule has 0 bridgehead atoms. The lowest BCUT2D eigenvalue weighted by molar-refractivity contribution is -0.136. The van der Waals surface area contributed by atoms with Gasteiger partial charge in [0, 0.05) is 19.0 Å². The van der Waals surface area contributed by atoms with Crippen LogP contribution in [0.2, 0.25) is 0 Å². The lowest BCUT2D eigenvalue weighted by atomic mass is 9.82. The van der Waals surface area contributed by atoms with E-state index in [2.05, 4.69) is 27.7 Å². The normalized spacial score (nSPS) is 23.5. The van der Waals surface area contributed by atoms with E-state index in [1.54, 1.807) is 0 Å². The molecule has 1 amide bonds. The Morgan fingerprint density at radius 2 is 1.93 bits per heavy atom. The zero-order valence-electron chi connectivity index (χ0n) is 9.97. The van der Waals surface area contributed by atoms with Gasteiger partial charge < -0.3 is 4.90 Å². The van der Waals surface area contributed by atoms with E-state index in [1.165, 1.54) is 12.8 Å². The number of carbonyl (C=O) groups is 1. The fourth-order valence-corrected chi connectivity index (χ4v) is 2.16. The van der Waals surface area contributed by atoms with Crippen LogP contribution in [0.15, 0.2) is 0 Å².